The first-order valence-electron chi connectivity index (χ1n) is 6.56. The summed E-state index contributed by atoms with van der Waals surface area (Å²) in [6, 6.07) is 7.63. The zero-order valence-electron chi connectivity index (χ0n) is 11.0. The number of hydrogen-bond acceptors (Lipinski definition) is 2. The number of halogens is 1. The average Bonchev–Trinajstić information content (AvgIpc) is 2.36. The van der Waals surface area contributed by atoms with Gasteiger partial charge in [0.2, 0.25) is 0 Å². The number of likely N-dealkylation sites (tertiary alicyclic amines) is 1. The monoisotopic (exact) mass is 246 g/mol. The van der Waals surface area contributed by atoms with Crippen molar-refractivity contribution in [3.8, 4) is 6.07 Å². The SMILES string of the molecule is CC1CCCC(C)N1Cc1cc(C#N)ccc1F. The van der Waals surface area contributed by atoms with Gasteiger partial charge in [0, 0.05) is 24.2 Å². The van der Waals surface area contributed by atoms with E-state index in [4.69, 9.17) is 5.26 Å². The fraction of sp³-hybridized carbons (Fsp3) is 0.533. The van der Waals surface area contributed by atoms with Crippen LogP contribution in [0.2, 0.25) is 0 Å². The molecule has 3 heteroatoms. The molecule has 0 N–H and O–H groups in total. The lowest BCUT2D eigenvalue weighted by atomic mass is 9.96. The van der Waals surface area contributed by atoms with Gasteiger partial charge in [-0.3, -0.25) is 4.90 Å². The number of benzene rings is 1. The van der Waals surface area contributed by atoms with E-state index in [2.05, 4.69) is 24.8 Å². The van der Waals surface area contributed by atoms with Crippen LogP contribution in [0.15, 0.2) is 18.2 Å². The van der Waals surface area contributed by atoms with Crippen molar-refractivity contribution in [2.24, 2.45) is 0 Å². The van der Waals surface area contributed by atoms with Gasteiger partial charge in [-0.1, -0.05) is 6.42 Å². The van der Waals surface area contributed by atoms with Crippen molar-refractivity contribution in [3.05, 3.63) is 35.1 Å². The van der Waals surface area contributed by atoms with E-state index in [1.807, 2.05) is 0 Å². The van der Waals surface area contributed by atoms with Crippen LogP contribution >= 0.6 is 0 Å². The first-order chi connectivity index (χ1) is 8.61. The molecule has 1 fully saturated rings. The number of nitrogens with zero attached hydrogens (tertiary/aromatic N) is 2. The Morgan fingerprint density at radius 3 is 2.61 bits per heavy atom. The Kier molecular flexibility index (Phi) is 3.98. The molecule has 1 aliphatic rings. The highest BCUT2D eigenvalue weighted by Crippen LogP contribution is 2.25. The number of piperidine rings is 1. The number of nitriles is 1. The van der Waals surface area contributed by atoms with E-state index in [0.717, 1.165) is 0 Å². The van der Waals surface area contributed by atoms with Gasteiger partial charge in [-0.2, -0.15) is 5.26 Å². The number of rotatable bonds is 2. The van der Waals surface area contributed by atoms with Crippen molar-refractivity contribution < 1.29 is 4.39 Å². The first kappa shape index (κ1) is 13.0. The highest BCUT2D eigenvalue weighted by molar-refractivity contribution is 5.33. The van der Waals surface area contributed by atoms with E-state index in [9.17, 15) is 4.39 Å². The molecular weight excluding hydrogens is 227 g/mol. The topological polar surface area (TPSA) is 27.0 Å². The molecule has 1 aromatic rings. The standard InChI is InChI=1S/C15H19FN2/c1-11-4-3-5-12(2)18(11)10-14-8-13(9-17)6-7-15(14)16/h6-8,11-12H,3-5,10H2,1-2H3. The molecule has 1 saturated heterocycles. The summed E-state index contributed by atoms with van der Waals surface area (Å²) in [6.07, 6.45) is 3.59. The molecule has 2 nitrogen and oxygen atoms in total. The molecule has 1 aliphatic heterocycles. The van der Waals surface area contributed by atoms with E-state index in [1.165, 1.54) is 31.4 Å². The summed E-state index contributed by atoms with van der Waals surface area (Å²) in [6.45, 7) is 4.99. The minimum Gasteiger partial charge on any atom is -0.294 e. The van der Waals surface area contributed by atoms with Crippen LogP contribution in [0.5, 0.6) is 0 Å². The quantitative estimate of drug-likeness (QED) is 0.799. The van der Waals surface area contributed by atoms with Crippen molar-refractivity contribution in [1.29, 1.82) is 5.26 Å². The molecule has 2 atom stereocenters. The molecule has 1 aromatic carbocycles. The van der Waals surface area contributed by atoms with Crippen LogP contribution in [0.3, 0.4) is 0 Å². The largest absolute Gasteiger partial charge is 0.294 e. The second-order valence-corrected chi connectivity index (χ2v) is 5.22. The van der Waals surface area contributed by atoms with Crippen LogP contribution < -0.4 is 0 Å². The Balaban J connectivity index is 2.20. The highest BCUT2D eigenvalue weighted by atomic mass is 19.1. The minimum absolute atomic E-state index is 0.209. The van der Waals surface area contributed by atoms with Gasteiger partial charge >= 0.3 is 0 Å². The van der Waals surface area contributed by atoms with Crippen LogP contribution in [0, 0.1) is 17.1 Å². The smallest absolute Gasteiger partial charge is 0.127 e. The summed E-state index contributed by atoms with van der Waals surface area (Å²) in [7, 11) is 0. The fourth-order valence-corrected chi connectivity index (χ4v) is 2.75. The fourth-order valence-electron chi connectivity index (χ4n) is 2.75. The maximum atomic E-state index is 13.8. The van der Waals surface area contributed by atoms with Crippen molar-refractivity contribution in [1.82, 2.24) is 4.90 Å². The van der Waals surface area contributed by atoms with Crippen molar-refractivity contribution in [3.63, 3.8) is 0 Å². The molecule has 18 heavy (non-hydrogen) atoms. The van der Waals surface area contributed by atoms with E-state index in [0.29, 0.717) is 29.8 Å². The van der Waals surface area contributed by atoms with Gasteiger partial charge in [0.15, 0.2) is 0 Å². The lowest BCUT2D eigenvalue weighted by Gasteiger charge is -2.39. The maximum absolute atomic E-state index is 13.8. The molecule has 0 saturated carbocycles. The first-order valence-corrected chi connectivity index (χ1v) is 6.56. The van der Waals surface area contributed by atoms with Gasteiger partial charge in [0.1, 0.15) is 5.82 Å². The zero-order valence-corrected chi connectivity index (χ0v) is 11.0. The second kappa shape index (κ2) is 5.49. The Labute approximate surface area is 108 Å². The van der Waals surface area contributed by atoms with Crippen LogP contribution in [0.1, 0.15) is 44.2 Å². The molecule has 0 aliphatic carbocycles. The number of hydrogen-bond donors (Lipinski definition) is 0. The van der Waals surface area contributed by atoms with Gasteiger partial charge in [-0.05, 0) is 44.9 Å². The molecule has 0 radical (unpaired) electrons. The Bertz CT molecular complexity index is 454. The van der Waals surface area contributed by atoms with Gasteiger partial charge in [-0.25, -0.2) is 4.39 Å². The van der Waals surface area contributed by atoms with Crippen molar-refractivity contribution in [2.75, 3.05) is 0 Å². The Morgan fingerprint density at radius 2 is 2.00 bits per heavy atom. The lowest BCUT2D eigenvalue weighted by molar-refractivity contribution is 0.0940. The normalized spacial score (nSPS) is 24.8. The molecule has 2 unspecified atom stereocenters. The Morgan fingerprint density at radius 1 is 1.33 bits per heavy atom. The lowest BCUT2D eigenvalue weighted by Crippen LogP contribution is -2.43. The van der Waals surface area contributed by atoms with Gasteiger partial charge in [0.05, 0.1) is 11.6 Å². The molecular formula is C15H19FN2. The van der Waals surface area contributed by atoms with Crippen LogP contribution in [0.4, 0.5) is 4.39 Å². The van der Waals surface area contributed by atoms with Crippen LogP contribution in [-0.2, 0) is 6.54 Å². The van der Waals surface area contributed by atoms with Gasteiger partial charge in [-0.15, -0.1) is 0 Å². The summed E-state index contributed by atoms with van der Waals surface area (Å²) >= 11 is 0. The van der Waals surface area contributed by atoms with Gasteiger partial charge < -0.3 is 0 Å². The predicted molar refractivity (Wildman–Crippen MR) is 69.4 cm³/mol. The van der Waals surface area contributed by atoms with E-state index >= 15 is 0 Å². The van der Waals surface area contributed by atoms with E-state index in [1.54, 1.807) is 6.07 Å². The molecule has 96 valence electrons. The van der Waals surface area contributed by atoms with Crippen molar-refractivity contribution >= 4 is 0 Å². The maximum Gasteiger partial charge on any atom is 0.127 e. The van der Waals surface area contributed by atoms with Crippen LogP contribution in [-0.4, -0.2) is 17.0 Å². The minimum atomic E-state index is -0.209. The molecule has 0 bridgehead atoms. The molecule has 1 heterocycles. The summed E-state index contributed by atoms with van der Waals surface area (Å²) < 4.78 is 13.8. The summed E-state index contributed by atoms with van der Waals surface area (Å²) in [4.78, 5) is 2.34. The summed E-state index contributed by atoms with van der Waals surface area (Å²) in [5, 5.41) is 8.88. The van der Waals surface area contributed by atoms with Crippen molar-refractivity contribution in [2.45, 2.75) is 51.7 Å². The van der Waals surface area contributed by atoms with E-state index < -0.39 is 0 Å². The highest BCUT2D eigenvalue weighted by Gasteiger charge is 2.25. The van der Waals surface area contributed by atoms with Gasteiger partial charge in [0.25, 0.3) is 0 Å². The summed E-state index contributed by atoms with van der Waals surface area (Å²) in [5.74, 6) is -0.209. The molecule has 0 spiro atoms. The summed E-state index contributed by atoms with van der Waals surface area (Å²) in [5.41, 5.74) is 1.17. The third kappa shape index (κ3) is 2.70. The van der Waals surface area contributed by atoms with Crippen LogP contribution in [0.25, 0.3) is 0 Å². The molecule has 2 rings (SSSR count). The Hall–Kier alpha value is -1.40. The molecule has 0 amide bonds. The molecule has 0 aromatic heterocycles. The average molecular weight is 246 g/mol. The van der Waals surface area contributed by atoms with E-state index in [-0.39, 0.29) is 5.82 Å². The third-order valence-electron chi connectivity index (χ3n) is 3.90. The zero-order chi connectivity index (χ0) is 13.1. The predicted octanol–water partition coefficient (Wildman–Crippen LogP) is 3.46. The third-order valence-corrected chi connectivity index (χ3v) is 3.90. The second-order valence-electron chi connectivity index (χ2n) is 5.22.